The molecule has 1 aromatic carbocycles. The largest absolute Gasteiger partial charge is 0.473 e. The first kappa shape index (κ1) is 15.1. The monoisotopic (exact) mass is 310 g/mol. The molecule has 3 nitrogen and oxygen atoms in total. The van der Waals surface area contributed by atoms with Crippen molar-refractivity contribution in [2.24, 2.45) is 0 Å². The van der Waals surface area contributed by atoms with E-state index in [1.165, 1.54) is 0 Å². The van der Waals surface area contributed by atoms with E-state index >= 15 is 0 Å². The zero-order valence-corrected chi connectivity index (χ0v) is 12.7. The van der Waals surface area contributed by atoms with Crippen molar-refractivity contribution in [3.05, 3.63) is 57.7 Å². The Balaban J connectivity index is 2.02. The molecular weight excluding hydrogens is 295 g/mol. The third kappa shape index (κ3) is 4.37. The Morgan fingerprint density at radius 2 is 2.10 bits per heavy atom. The highest BCUT2D eigenvalue weighted by Gasteiger charge is 2.04. The summed E-state index contributed by atoms with van der Waals surface area (Å²) in [6, 6.07) is 9.42. The van der Waals surface area contributed by atoms with Gasteiger partial charge in [-0.3, -0.25) is 0 Å². The molecule has 0 aliphatic rings. The lowest BCUT2D eigenvalue weighted by Crippen LogP contribution is -2.12. The number of benzene rings is 1. The van der Waals surface area contributed by atoms with E-state index in [1.807, 2.05) is 37.3 Å². The maximum Gasteiger partial charge on any atom is 0.213 e. The molecule has 2 aromatic rings. The van der Waals surface area contributed by atoms with E-state index in [1.54, 1.807) is 6.20 Å². The van der Waals surface area contributed by atoms with E-state index < -0.39 is 0 Å². The molecule has 0 bridgehead atoms. The Kier molecular flexibility index (Phi) is 5.65. The normalized spacial score (nSPS) is 10.6. The smallest absolute Gasteiger partial charge is 0.213 e. The maximum absolute atomic E-state index is 6.09. The summed E-state index contributed by atoms with van der Waals surface area (Å²) in [5, 5.41) is 4.57. The van der Waals surface area contributed by atoms with E-state index in [0.717, 1.165) is 17.7 Å². The molecule has 0 atom stereocenters. The molecule has 0 spiro atoms. The van der Waals surface area contributed by atoms with Crippen LogP contribution in [0.1, 0.15) is 18.1 Å². The summed E-state index contributed by atoms with van der Waals surface area (Å²) in [6.07, 6.45) is 1.61. The van der Waals surface area contributed by atoms with E-state index in [2.05, 4.69) is 10.3 Å². The van der Waals surface area contributed by atoms with Gasteiger partial charge in [0.05, 0.1) is 5.02 Å². The molecule has 0 amide bonds. The quantitative estimate of drug-likeness (QED) is 0.873. The van der Waals surface area contributed by atoms with Gasteiger partial charge in [0, 0.05) is 23.8 Å². The van der Waals surface area contributed by atoms with Gasteiger partial charge >= 0.3 is 0 Å². The number of hydrogen-bond acceptors (Lipinski definition) is 3. The first-order valence-corrected chi connectivity index (χ1v) is 7.17. The van der Waals surface area contributed by atoms with Gasteiger partial charge in [-0.1, -0.05) is 42.3 Å². The summed E-state index contributed by atoms with van der Waals surface area (Å²) in [5.74, 6) is 0.558. The van der Waals surface area contributed by atoms with Crippen LogP contribution in [-0.2, 0) is 13.2 Å². The zero-order valence-electron chi connectivity index (χ0n) is 11.2. The molecule has 0 aliphatic heterocycles. The van der Waals surface area contributed by atoms with E-state index in [4.69, 9.17) is 27.9 Å². The van der Waals surface area contributed by atoms with Crippen LogP contribution in [0.4, 0.5) is 0 Å². The standard InChI is InChI=1S/C15H16Cl2N2O/c1-2-18-8-12-7-15(19-9-14(12)17)20-10-11-4-3-5-13(16)6-11/h3-7,9,18H,2,8,10H2,1H3. The molecule has 1 N–H and O–H groups in total. The Morgan fingerprint density at radius 3 is 2.85 bits per heavy atom. The number of aromatic nitrogens is 1. The van der Waals surface area contributed by atoms with Crippen molar-refractivity contribution in [1.82, 2.24) is 10.3 Å². The topological polar surface area (TPSA) is 34.1 Å². The highest BCUT2D eigenvalue weighted by molar-refractivity contribution is 6.31. The van der Waals surface area contributed by atoms with Crippen molar-refractivity contribution < 1.29 is 4.74 Å². The average Bonchev–Trinajstić information content (AvgIpc) is 2.45. The molecule has 5 heteroatoms. The van der Waals surface area contributed by atoms with Crippen molar-refractivity contribution in [2.45, 2.75) is 20.1 Å². The predicted octanol–water partition coefficient (Wildman–Crippen LogP) is 4.08. The minimum atomic E-state index is 0.426. The molecule has 106 valence electrons. The van der Waals surface area contributed by atoms with Crippen LogP contribution in [0.15, 0.2) is 36.5 Å². The van der Waals surface area contributed by atoms with Gasteiger partial charge in [0.1, 0.15) is 6.61 Å². The van der Waals surface area contributed by atoms with Crippen molar-refractivity contribution in [3.8, 4) is 5.88 Å². The number of nitrogens with one attached hydrogen (secondary N) is 1. The Hall–Kier alpha value is -1.29. The van der Waals surface area contributed by atoms with Gasteiger partial charge in [-0.15, -0.1) is 0 Å². The molecule has 1 heterocycles. The summed E-state index contributed by atoms with van der Waals surface area (Å²) < 4.78 is 5.67. The third-order valence-corrected chi connectivity index (χ3v) is 3.33. The van der Waals surface area contributed by atoms with Crippen LogP contribution in [0.5, 0.6) is 5.88 Å². The van der Waals surface area contributed by atoms with E-state index in [-0.39, 0.29) is 0 Å². The second kappa shape index (κ2) is 7.48. The predicted molar refractivity (Wildman–Crippen MR) is 82.4 cm³/mol. The number of rotatable bonds is 6. The Bertz CT molecular complexity index is 576. The second-order valence-corrected chi connectivity index (χ2v) is 5.16. The SMILES string of the molecule is CCNCc1cc(OCc2cccc(Cl)c2)ncc1Cl. The van der Waals surface area contributed by atoms with Crippen molar-refractivity contribution in [3.63, 3.8) is 0 Å². The van der Waals surface area contributed by atoms with Crippen LogP contribution in [0.3, 0.4) is 0 Å². The fourth-order valence-corrected chi connectivity index (χ4v) is 2.10. The number of halogens is 2. The first-order chi connectivity index (χ1) is 9.69. The molecule has 0 fully saturated rings. The van der Waals surface area contributed by atoms with Crippen molar-refractivity contribution in [1.29, 1.82) is 0 Å². The van der Waals surface area contributed by atoms with Crippen molar-refractivity contribution in [2.75, 3.05) is 6.54 Å². The fourth-order valence-electron chi connectivity index (χ4n) is 1.72. The van der Waals surface area contributed by atoms with E-state index in [9.17, 15) is 0 Å². The molecular formula is C15H16Cl2N2O. The summed E-state index contributed by atoms with van der Waals surface area (Å²) in [4.78, 5) is 4.17. The van der Waals surface area contributed by atoms with Crippen molar-refractivity contribution >= 4 is 23.2 Å². The lowest BCUT2D eigenvalue weighted by molar-refractivity contribution is 0.293. The van der Waals surface area contributed by atoms with Gasteiger partial charge in [0.2, 0.25) is 5.88 Å². The van der Waals surface area contributed by atoms with Crippen LogP contribution >= 0.6 is 23.2 Å². The minimum absolute atomic E-state index is 0.426. The van der Waals surface area contributed by atoms with Gasteiger partial charge in [0.15, 0.2) is 0 Å². The van der Waals surface area contributed by atoms with Crippen LogP contribution in [0.25, 0.3) is 0 Å². The van der Waals surface area contributed by atoms with Crippen LogP contribution in [0.2, 0.25) is 10.0 Å². The number of nitrogens with zero attached hydrogens (tertiary/aromatic N) is 1. The van der Waals surface area contributed by atoms with E-state index in [0.29, 0.717) is 29.1 Å². The second-order valence-electron chi connectivity index (χ2n) is 4.31. The molecule has 0 radical (unpaired) electrons. The van der Waals surface area contributed by atoms with Gasteiger partial charge in [-0.05, 0) is 29.8 Å². The fraction of sp³-hybridized carbons (Fsp3) is 0.267. The lowest BCUT2D eigenvalue weighted by atomic mass is 10.2. The number of ether oxygens (including phenoxy) is 1. The molecule has 0 unspecified atom stereocenters. The highest BCUT2D eigenvalue weighted by Crippen LogP contribution is 2.20. The van der Waals surface area contributed by atoms with Gasteiger partial charge in [0.25, 0.3) is 0 Å². The van der Waals surface area contributed by atoms with Crippen LogP contribution < -0.4 is 10.1 Å². The third-order valence-electron chi connectivity index (χ3n) is 2.75. The Morgan fingerprint density at radius 1 is 1.25 bits per heavy atom. The van der Waals surface area contributed by atoms with Crippen LogP contribution in [0, 0.1) is 0 Å². The molecule has 0 saturated carbocycles. The van der Waals surface area contributed by atoms with Gasteiger partial charge in [-0.2, -0.15) is 0 Å². The maximum atomic E-state index is 6.09. The molecule has 0 aliphatic carbocycles. The first-order valence-electron chi connectivity index (χ1n) is 6.41. The molecule has 1 aromatic heterocycles. The van der Waals surface area contributed by atoms with Gasteiger partial charge < -0.3 is 10.1 Å². The molecule has 20 heavy (non-hydrogen) atoms. The lowest BCUT2D eigenvalue weighted by Gasteiger charge is -2.09. The highest BCUT2D eigenvalue weighted by atomic mass is 35.5. The Labute approximate surface area is 128 Å². The summed E-state index contributed by atoms with van der Waals surface area (Å²) in [6.45, 7) is 4.06. The van der Waals surface area contributed by atoms with Crippen LogP contribution in [-0.4, -0.2) is 11.5 Å². The summed E-state index contributed by atoms with van der Waals surface area (Å²) in [7, 11) is 0. The molecule has 2 rings (SSSR count). The van der Waals surface area contributed by atoms with Gasteiger partial charge in [-0.25, -0.2) is 4.98 Å². The summed E-state index contributed by atoms with van der Waals surface area (Å²) in [5.41, 5.74) is 1.98. The number of pyridine rings is 1. The average molecular weight is 311 g/mol. The molecule has 0 saturated heterocycles. The minimum Gasteiger partial charge on any atom is -0.473 e. The summed E-state index contributed by atoms with van der Waals surface area (Å²) >= 11 is 12.0. The zero-order chi connectivity index (χ0) is 14.4. The number of hydrogen-bond donors (Lipinski definition) is 1.